The Morgan fingerprint density at radius 3 is 2.80 bits per heavy atom. The van der Waals surface area contributed by atoms with Gasteiger partial charge in [0.05, 0.1) is 5.69 Å². The van der Waals surface area contributed by atoms with Crippen LogP contribution in [0.1, 0.15) is 24.6 Å². The lowest BCUT2D eigenvalue weighted by atomic mass is 10.2. The van der Waals surface area contributed by atoms with Crippen LogP contribution in [0.15, 0.2) is 18.3 Å². The number of aromatic nitrogens is 1. The Hall–Kier alpha value is -0.600. The molecule has 0 aromatic carbocycles. The van der Waals surface area contributed by atoms with Crippen LogP contribution in [0.5, 0.6) is 0 Å². The first kappa shape index (κ1) is 12.5. The van der Waals surface area contributed by atoms with Gasteiger partial charge >= 0.3 is 0 Å². The van der Waals surface area contributed by atoms with E-state index in [-0.39, 0.29) is 0 Å². The molecule has 0 fully saturated rings. The van der Waals surface area contributed by atoms with E-state index in [9.17, 15) is 0 Å². The highest BCUT2D eigenvalue weighted by Gasteiger charge is 2.06. The van der Waals surface area contributed by atoms with Gasteiger partial charge < -0.3 is 0 Å². The molecule has 1 heterocycles. The summed E-state index contributed by atoms with van der Waals surface area (Å²) < 4.78 is 0. The molecule has 0 amide bonds. The molecule has 0 aliphatic rings. The molecule has 0 spiro atoms. The monoisotopic (exact) mass is 226 g/mol. The Kier molecular flexibility index (Phi) is 5.66. The number of halogens is 1. The summed E-state index contributed by atoms with van der Waals surface area (Å²) in [6.45, 7) is 7.22. The minimum atomic E-state index is 0.686. The summed E-state index contributed by atoms with van der Waals surface area (Å²) >= 11 is 5.78. The van der Waals surface area contributed by atoms with Crippen LogP contribution in [-0.2, 0) is 6.54 Å². The molecule has 0 saturated carbocycles. The van der Waals surface area contributed by atoms with E-state index in [4.69, 9.17) is 11.6 Å². The molecule has 0 unspecified atom stereocenters. The predicted molar refractivity (Wildman–Crippen MR) is 65.3 cm³/mol. The van der Waals surface area contributed by atoms with Crippen molar-refractivity contribution in [2.24, 2.45) is 0 Å². The molecular formula is C12H19ClN2. The van der Waals surface area contributed by atoms with E-state index in [1.807, 2.05) is 12.3 Å². The Morgan fingerprint density at radius 2 is 2.20 bits per heavy atom. The first-order valence-corrected chi connectivity index (χ1v) is 6.00. The zero-order valence-electron chi connectivity index (χ0n) is 9.54. The first-order valence-electron chi connectivity index (χ1n) is 5.46. The number of hydrogen-bond donors (Lipinski definition) is 0. The molecule has 84 valence electrons. The number of nitrogens with zero attached hydrogens (tertiary/aromatic N) is 2. The summed E-state index contributed by atoms with van der Waals surface area (Å²) in [4.78, 5) is 6.75. The fourth-order valence-electron chi connectivity index (χ4n) is 1.60. The van der Waals surface area contributed by atoms with Gasteiger partial charge in [0, 0.05) is 25.2 Å². The maximum absolute atomic E-state index is 5.78. The van der Waals surface area contributed by atoms with Crippen molar-refractivity contribution in [3.05, 3.63) is 29.6 Å². The molecule has 0 aliphatic heterocycles. The third kappa shape index (κ3) is 4.18. The fraction of sp³-hybridized carbons (Fsp3) is 0.583. The van der Waals surface area contributed by atoms with E-state index in [1.165, 1.54) is 5.56 Å². The molecule has 1 rings (SSSR count). The zero-order valence-corrected chi connectivity index (χ0v) is 10.3. The molecule has 0 radical (unpaired) electrons. The van der Waals surface area contributed by atoms with Crippen molar-refractivity contribution in [2.75, 3.05) is 19.0 Å². The minimum Gasteiger partial charge on any atom is -0.296 e. The van der Waals surface area contributed by atoms with Crippen molar-refractivity contribution < 1.29 is 0 Å². The Morgan fingerprint density at radius 1 is 1.40 bits per heavy atom. The molecule has 2 nitrogen and oxygen atoms in total. The van der Waals surface area contributed by atoms with E-state index < -0.39 is 0 Å². The van der Waals surface area contributed by atoms with Crippen LogP contribution >= 0.6 is 11.6 Å². The first-order chi connectivity index (χ1) is 7.27. The Bertz CT molecular complexity index is 283. The van der Waals surface area contributed by atoms with Gasteiger partial charge in [-0.25, -0.2) is 0 Å². The van der Waals surface area contributed by atoms with Gasteiger partial charge in [0.15, 0.2) is 0 Å². The summed E-state index contributed by atoms with van der Waals surface area (Å²) in [5.74, 6) is 0.686. The van der Waals surface area contributed by atoms with Crippen LogP contribution in [0.2, 0.25) is 0 Å². The van der Waals surface area contributed by atoms with Crippen LogP contribution in [0.3, 0.4) is 0 Å². The van der Waals surface area contributed by atoms with Gasteiger partial charge in [0.1, 0.15) is 0 Å². The quantitative estimate of drug-likeness (QED) is 0.694. The van der Waals surface area contributed by atoms with Crippen LogP contribution in [0.4, 0.5) is 0 Å². The number of aryl methyl sites for hydroxylation is 1. The van der Waals surface area contributed by atoms with Gasteiger partial charge in [-0.2, -0.15) is 0 Å². The van der Waals surface area contributed by atoms with E-state index in [2.05, 4.69) is 29.8 Å². The summed E-state index contributed by atoms with van der Waals surface area (Å²) in [6.07, 6.45) is 3.01. The molecule has 0 aliphatic carbocycles. The lowest BCUT2D eigenvalue weighted by Gasteiger charge is -2.20. The highest BCUT2D eigenvalue weighted by Crippen LogP contribution is 2.07. The van der Waals surface area contributed by atoms with Crippen molar-refractivity contribution in [3.63, 3.8) is 0 Å². The smallest absolute Gasteiger partial charge is 0.0573 e. The second kappa shape index (κ2) is 6.81. The SMILES string of the molecule is CCCN(CCCl)Cc1ncccc1C. The number of hydrogen-bond acceptors (Lipinski definition) is 2. The third-order valence-electron chi connectivity index (χ3n) is 2.43. The molecular weight excluding hydrogens is 208 g/mol. The van der Waals surface area contributed by atoms with Crippen LogP contribution in [0.25, 0.3) is 0 Å². The summed E-state index contributed by atoms with van der Waals surface area (Å²) in [5, 5.41) is 0. The zero-order chi connectivity index (χ0) is 11.1. The maximum Gasteiger partial charge on any atom is 0.0573 e. The lowest BCUT2D eigenvalue weighted by Crippen LogP contribution is -2.27. The van der Waals surface area contributed by atoms with Gasteiger partial charge in [-0.05, 0) is 31.5 Å². The van der Waals surface area contributed by atoms with Crippen LogP contribution in [0, 0.1) is 6.92 Å². The molecule has 0 N–H and O–H groups in total. The lowest BCUT2D eigenvalue weighted by molar-refractivity contribution is 0.278. The molecule has 15 heavy (non-hydrogen) atoms. The van der Waals surface area contributed by atoms with E-state index in [1.54, 1.807) is 0 Å². The molecule has 0 saturated heterocycles. The fourth-order valence-corrected chi connectivity index (χ4v) is 1.84. The van der Waals surface area contributed by atoms with Crippen LogP contribution < -0.4 is 0 Å². The minimum absolute atomic E-state index is 0.686. The molecule has 1 aromatic heterocycles. The van der Waals surface area contributed by atoms with Crippen molar-refractivity contribution >= 4 is 11.6 Å². The normalized spacial score (nSPS) is 10.9. The maximum atomic E-state index is 5.78. The van der Waals surface area contributed by atoms with Gasteiger partial charge in [-0.3, -0.25) is 9.88 Å². The molecule has 0 atom stereocenters. The second-order valence-corrected chi connectivity index (χ2v) is 4.11. The van der Waals surface area contributed by atoms with E-state index in [0.717, 1.165) is 31.7 Å². The number of pyridine rings is 1. The standard InChI is InChI=1S/C12H19ClN2/c1-3-8-15(9-6-13)10-12-11(2)5-4-7-14-12/h4-5,7H,3,6,8-10H2,1-2H3. The summed E-state index contributed by atoms with van der Waals surface area (Å²) in [5.41, 5.74) is 2.42. The third-order valence-corrected chi connectivity index (χ3v) is 2.60. The Labute approximate surface area is 97.3 Å². The highest BCUT2D eigenvalue weighted by atomic mass is 35.5. The van der Waals surface area contributed by atoms with Gasteiger partial charge in [0.2, 0.25) is 0 Å². The topological polar surface area (TPSA) is 16.1 Å². The Balaban J connectivity index is 2.60. The summed E-state index contributed by atoms with van der Waals surface area (Å²) in [6, 6.07) is 4.08. The van der Waals surface area contributed by atoms with Gasteiger partial charge in [-0.1, -0.05) is 13.0 Å². The van der Waals surface area contributed by atoms with Crippen molar-refractivity contribution in [2.45, 2.75) is 26.8 Å². The molecule has 3 heteroatoms. The van der Waals surface area contributed by atoms with Crippen molar-refractivity contribution in [1.29, 1.82) is 0 Å². The molecule has 1 aromatic rings. The average Bonchev–Trinajstić information content (AvgIpc) is 2.22. The van der Waals surface area contributed by atoms with Gasteiger partial charge in [-0.15, -0.1) is 11.6 Å². The van der Waals surface area contributed by atoms with Gasteiger partial charge in [0.25, 0.3) is 0 Å². The molecule has 0 bridgehead atoms. The number of alkyl halides is 1. The second-order valence-electron chi connectivity index (χ2n) is 3.73. The average molecular weight is 227 g/mol. The van der Waals surface area contributed by atoms with Crippen molar-refractivity contribution in [3.8, 4) is 0 Å². The largest absolute Gasteiger partial charge is 0.296 e. The van der Waals surface area contributed by atoms with Crippen LogP contribution in [-0.4, -0.2) is 28.9 Å². The van der Waals surface area contributed by atoms with Crippen molar-refractivity contribution in [1.82, 2.24) is 9.88 Å². The van der Waals surface area contributed by atoms with E-state index in [0.29, 0.717) is 5.88 Å². The summed E-state index contributed by atoms with van der Waals surface area (Å²) in [7, 11) is 0. The highest BCUT2D eigenvalue weighted by molar-refractivity contribution is 6.18. The van der Waals surface area contributed by atoms with E-state index >= 15 is 0 Å². The predicted octanol–water partition coefficient (Wildman–Crippen LogP) is 2.84. The number of rotatable bonds is 6.